The van der Waals surface area contributed by atoms with Crippen molar-refractivity contribution < 1.29 is 31.1 Å². The summed E-state index contributed by atoms with van der Waals surface area (Å²) in [6.45, 7) is 1.82. The molecule has 0 aliphatic carbocycles. The number of nitrogens with zero attached hydrogens (tertiary/aromatic N) is 1. The fraction of sp³-hybridized carbons (Fsp3) is 0.200. The number of hydrogen-bond acceptors (Lipinski definition) is 2. The number of pyridine rings is 1. The summed E-state index contributed by atoms with van der Waals surface area (Å²) in [6.07, 6.45) is -8.47. The molecule has 3 rings (SSSR count). The lowest BCUT2D eigenvalue weighted by Gasteiger charge is -2.16. The topological polar surface area (TPSA) is 51.1 Å². The van der Waals surface area contributed by atoms with Crippen LogP contribution in [0.15, 0.2) is 47.4 Å². The molecule has 0 radical (unpaired) electrons. The molecule has 0 unspecified atom stereocenters. The summed E-state index contributed by atoms with van der Waals surface area (Å²) in [5.74, 6) is -1.20. The van der Waals surface area contributed by atoms with Crippen molar-refractivity contribution in [2.45, 2.75) is 25.8 Å². The zero-order valence-corrected chi connectivity index (χ0v) is 16.4. The lowest BCUT2D eigenvalue weighted by Crippen LogP contribution is -2.25. The largest absolute Gasteiger partial charge is 0.418 e. The van der Waals surface area contributed by atoms with Gasteiger partial charge in [0.15, 0.2) is 0 Å². The van der Waals surface area contributed by atoms with Gasteiger partial charge in [0.25, 0.3) is 5.91 Å². The van der Waals surface area contributed by atoms with Crippen LogP contribution in [-0.4, -0.2) is 10.5 Å². The molecule has 1 aromatic heterocycles. The number of nitrogens with one attached hydrogen (secondary N) is 1. The molecule has 2 aromatic carbocycles. The third-order valence-electron chi connectivity index (χ3n) is 4.53. The van der Waals surface area contributed by atoms with Gasteiger partial charge in [0, 0.05) is 23.2 Å². The summed E-state index contributed by atoms with van der Waals surface area (Å²) in [7, 11) is 0. The molecule has 0 spiro atoms. The summed E-state index contributed by atoms with van der Waals surface area (Å²) in [5.41, 5.74) is -4.45. The van der Waals surface area contributed by atoms with Gasteiger partial charge in [0.05, 0.1) is 22.3 Å². The number of amides is 1. The second-order valence-electron chi connectivity index (χ2n) is 6.53. The molecular weight excluding hydrogens is 450 g/mol. The Morgan fingerprint density at radius 3 is 2.29 bits per heavy atom. The fourth-order valence-corrected chi connectivity index (χ4v) is 3.22. The minimum absolute atomic E-state index is 0.152. The molecule has 1 N–H and O–H groups in total. The van der Waals surface area contributed by atoms with Crippen molar-refractivity contribution in [3.63, 3.8) is 0 Å². The van der Waals surface area contributed by atoms with Crippen molar-refractivity contribution in [1.82, 2.24) is 4.57 Å². The Labute approximate surface area is 176 Å². The Hall–Kier alpha value is -3.01. The van der Waals surface area contributed by atoms with Gasteiger partial charge in [-0.15, -0.1) is 0 Å². The van der Waals surface area contributed by atoms with Crippen molar-refractivity contribution in [2.24, 2.45) is 0 Å². The van der Waals surface area contributed by atoms with Crippen LogP contribution in [0.3, 0.4) is 0 Å². The molecule has 0 fully saturated rings. The van der Waals surface area contributed by atoms with Gasteiger partial charge in [0.2, 0.25) is 5.43 Å². The lowest BCUT2D eigenvalue weighted by molar-refractivity contribution is -0.138. The highest BCUT2D eigenvalue weighted by molar-refractivity contribution is 6.30. The molecule has 0 atom stereocenters. The Morgan fingerprint density at radius 2 is 1.71 bits per heavy atom. The zero-order chi connectivity index (χ0) is 23.1. The molecule has 0 bridgehead atoms. The minimum atomic E-state index is -4.85. The first-order valence-corrected chi connectivity index (χ1v) is 9.13. The fourth-order valence-electron chi connectivity index (χ4n) is 3.05. The SMILES string of the molecule is CCn1cc(C(=O)Nc2ccc(Cl)cc2C(F)(F)F)c(=O)c2cc(C(F)(F)F)ccc21. The number of fused-ring (bicyclic) bond motifs is 1. The van der Waals surface area contributed by atoms with E-state index in [0.29, 0.717) is 12.1 Å². The first kappa shape index (κ1) is 22.7. The van der Waals surface area contributed by atoms with E-state index in [4.69, 9.17) is 11.6 Å². The number of carbonyl (C=O) groups excluding carboxylic acids is 1. The number of rotatable bonds is 3. The number of aromatic nitrogens is 1. The van der Waals surface area contributed by atoms with Crippen molar-refractivity contribution in [1.29, 1.82) is 0 Å². The van der Waals surface area contributed by atoms with Crippen LogP contribution >= 0.6 is 11.6 Å². The highest BCUT2D eigenvalue weighted by Crippen LogP contribution is 2.36. The van der Waals surface area contributed by atoms with Gasteiger partial charge in [-0.05, 0) is 43.3 Å². The van der Waals surface area contributed by atoms with E-state index in [2.05, 4.69) is 0 Å². The average Bonchev–Trinajstić information content (AvgIpc) is 2.68. The standard InChI is InChI=1S/C20H13ClF6N2O2/c1-2-29-9-13(17(30)12-7-10(19(22,23)24)3-6-16(12)29)18(31)28-15-5-4-11(21)8-14(15)20(25,26)27/h3-9H,2H2,1H3,(H,28,31). The van der Waals surface area contributed by atoms with E-state index in [1.807, 2.05) is 5.32 Å². The summed E-state index contributed by atoms with van der Waals surface area (Å²) in [6, 6.07) is 5.17. The number of halogens is 7. The van der Waals surface area contributed by atoms with E-state index in [1.54, 1.807) is 6.92 Å². The van der Waals surface area contributed by atoms with Crippen LogP contribution in [0.25, 0.3) is 10.9 Å². The van der Waals surface area contributed by atoms with Crippen LogP contribution in [-0.2, 0) is 18.9 Å². The first-order valence-electron chi connectivity index (χ1n) is 8.75. The van der Waals surface area contributed by atoms with E-state index in [1.165, 1.54) is 4.57 Å². The predicted molar refractivity (Wildman–Crippen MR) is 103 cm³/mol. The molecule has 0 aliphatic heterocycles. The van der Waals surface area contributed by atoms with Crippen LogP contribution in [0.4, 0.5) is 32.0 Å². The van der Waals surface area contributed by atoms with Crippen molar-refractivity contribution >= 4 is 34.1 Å². The molecule has 0 saturated heterocycles. The minimum Gasteiger partial charge on any atom is -0.347 e. The third kappa shape index (κ3) is 4.53. The Bertz CT molecular complexity index is 1230. The number of anilines is 1. The predicted octanol–water partition coefficient (Wildman–Crippen LogP) is 5.96. The molecule has 31 heavy (non-hydrogen) atoms. The molecule has 1 amide bonds. The quantitative estimate of drug-likeness (QED) is 0.488. The van der Waals surface area contributed by atoms with Crippen LogP contribution in [0, 0.1) is 0 Å². The molecular formula is C20H13ClF6N2O2. The highest BCUT2D eigenvalue weighted by atomic mass is 35.5. The van der Waals surface area contributed by atoms with Gasteiger partial charge in [-0.2, -0.15) is 26.3 Å². The summed E-state index contributed by atoms with van der Waals surface area (Å²) in [4.78, 5) is 25.4. The van der Waals surface area contributed by atoms with E-state index in [9.17, 15) is 35.9 Å². The zero-order valence-electron chi connectivity index (χ0n) is 15.7. The molecule has 0 saturated carbocycles. The average molecular weight is 463 g/mol. The van der Waals surface area contributed by atoms with Crippen LogP contribution < -0.4 is 10.7 Å². The first-order chi connectivity index (χ1) is 14.3. The molecule has 11 heteroatoms. The van der Waals surface area contributed by atoms with E-state index in [0.717, 1.165) is 30.5 Å². The lowest BCUT2D eigenvalue weighted by atomic mass is 10.1. The van der Waals surface area contributed by atoms with Crippen LogP contribution in [0.2, 0.25) is 5.02 Å². The molecule has 4 nitrogen and oxygen atoms in total. The van der Waals surface area contributed by atoms with E-state index >= 15 is 0 Å². The Morgan fingerprint density at radius 1 is 1.03 bits per heavy atom. The Balaban J connectivity index is 2.14. The molecule has 164 valence electrons. The smallest absolute Gasteiger partial charge is 0.347 e. The number of hydrogen-bond donors (Lipinski definition) is 1. The number of carbonyl (C=O) groups is 1. The summed E-state index contributed by atoms with van der Waals surface area (Å²) < 4.78 is 80.3. The maximum Gasteiger partial charge on any atom is 0.418 e. The van der Waals surface area contributed by atoms with E-state index in [-0.39, 0.29) is 22.5 Å². The van der Waals surface area contributed by atoms with E-state index < -0.39 is 46.1 Å². The monoisotopic (exact) mass is 462 g/mol. The summed E-state index contributed by atoms with van der Waals surface area (Å²) in [5, 5.41) is 1.41. The maximum absolute atomic E-state index is 13.3. The molecule has 3 aromatic rings. The van der Waals surface area contributed by atoms with Gasteiger partial charge in [-0.3, -0.25) is 9.59 Å². The third-order valence-corrected chi connectivity index (χ3v) is 4.76. The van der Waals surface area contributed by atoms with Gasteiger partial charge in [0.1, 0.15) is 5.56 Å². The van der Waals surface area contributed by atoms with Gasteiger partial charge in [-0.1, -0.05) is 11.6 Å². The second-order valence-corrected chi connectivity index (χ2v) is 6.97. The Kier molecular flexibility index (Phi) is 5.79. The molecule has 1 heterocycles. The normalized spacial score (nSPS) is 12.3. The van der Waals surface area contributed by atoms with Crippen molar-refractivity contribution in [3.8, 4) is 0 Å². The molecule has 0 aliphatic rings. The van der Waals surface area contributed by atoms with Crippen molar-refractivity contribution in [2.75, 3.05) is 5.32 Å². The number of benzene rings is 2. The highest BCUT2D eigenvalue weighted by Gasteiger charge is 2.35. The van der Waals surface area contributed by atoms with Gasteiger partial charge < -0.3 is 9.88 Å². The number of aryl methyl sites for hydroxylation is 1. The van der Waals surface area contributed by atoms with Gasteiger partial charge >= 0.3 is 12.4 Å². The maximum atomic E-state index is 13.3. The van der Waals surface area contributed by atoms with Crippen molar-refractivity contribution in [3.05, 3.63) is 74.5 Å². The van der Waals surface area contributed by atoms with Crippen LogP contribution in [0.5, 0.6) is 0 Å². The number of alkyl halides is 6. The van der Waals surface area contributed by atoms with Crippen LogP contribution in [0.1, 0.15) is 28.4 Å². The summed E-state index contributed by atoms with van der Waals surface area (Å²) >= 11 is 5.60. The van der Waals surface area contributed by atoms with Gasteiger partial charge in [-0.25, -0.2) is 0 Å². The second kappa shape index (κ2) is 7.92.